The van der Waals surface area contributed by atoms with Crippen molar-refractivity contribution >= 4 is 17.8 Å². The molecule has 0 bridgehead atoms. The van der Waals surface area contributed by atoms with Gasteiger partial charge in [0.2, 0.25) is 11.8 Å². The summed E-state index contributed by atoms with van der Waals surface area (Å²) < 4.78 is 63.1. The van der Waals surface area contributed by atoms with Gasteiger partial charge in [-0.1, -0.05) is 0 Å². The van der Waals surface area contributed by atoms with Crippen LogP contribution in [0.4, 0.5) is 0 Å². The number of hydrogen-bond donors (Lipinski definition) is 21. The van der Waals surface area contributed by atoms with Crippen molar-refractivity contribution in [2.24, 2.45) is 0 Å². The van der Waals surface area contributed by atoms with Crippen molar-refractivity contribution in [3.63, 3.8) is 0 Å². The number of amides is 2. The van der Waals surface area contributed by atoms with Crippen molar-refractivity contribution in [1.82, 2.24) is 10.6 Å². The molecule has 0 saturated carbocycles. The summed E-state index contributed by atoms with van der Waals surface area (Å²) in [5, 5.41) is 209. The average molecular weight is 1150 g/mol. The van der Waals surface area contributed by atoms with Crippen molar-refractivity contribution in [3.05, 3.63) is 0 Å². The Morgan fingerprint density at radius 1 is 0.538 bits per heavy atom. The van der Waals surface area contributed by atoms with Crippen molar-refractivity contribution in [2.45, 2.75) is 217 Å². The maximum atomic E-state index is 13.2. The minimum Gasteiger partial charge on any atom is -0.477 e. The van der Waals surface area contributed by atoms with E-state index in [-0.39, 0.29) is 0 Å². The van der Waals surface area contributed by atoms with Crippen LogP contribution in [-0.2, 0) is 66.5 Å². The second-order valence-electron chi connectivity index (χ2n) is 19.7. The van der Waals surface area contributed by atoms with Gasteiger partial charge in [-0.25, -0.2) is 4.79 Å². The Balaban J connectivity index is 1.41. The van der Waals surface area contributed by atoms with Gasteiger partial charge < -0.3 is 160 Å². The van der Waals surface area contributed by atoms with Gasteiger partial charge in [0.1, 0.15) is 134 Å². The fourth-order valence-electron chi connectivity index (χ4n) is 9.82. The number of aliphatic carboxylic acids is 1. The Bertz CT molecular complexity index is 1950. The zero-order valence-corrected chi connectivity index (χ0v) is 41.8. The van der Waals surface area contributed by atoms with Gasteiger partial charge in [0, 0.05) is 20.3 Å². The standard InChI is InChI=1S/C43H72N2O33/c1-10-21(54)27(60)29(62)39(69-10)77-36-28(61)23(56)15(6-47)72-41(36)74-32-20(45-12(3)51)38(75-35-25(58)17(8-49)71-40(31(35)64)76-34-24(57)16(7-48)70-37(65)30(34)63)73-18(26(32)59)9-68-43(42(66)67)4-13(52)19(44-11(2)50)33(78-43)22(55)14(53)5-46/h10,13-41,46-49,52-65H,4-9H2,1-3H3,(H,44,50)(H,45,51)(H,66,67)/t10-,13-,14+,15+,16+,17+,18+,19+,20+,21+,22+,23-,24+,25-,26+,27+,28-,29-,30-,31+,32+,33+,34-,35-,36+,37+,38-,39-,40-,41-,43+/m0/s1. The zero-order chi connectivity index (χ0) is 58.0. The van der Waals surface area contributed by atoms with Crippen LogP contribution in [0.25, 0.3) is 0 Å². The number of aliphatic hydroxyl groups is 18. The summed E-state index contributed by atoms with van der Waals surface area (Å²) in [5.74, 6) is -7.01. The maximum absolute atomic E-state index is 13.2. The minimum absolute atomic E-state index is 0.835. The van der Waals surface area contributed by atoms with Crippen LogP contribution in [-0.4, -0.2) is 338 Å². The van der Waals surface area contributed by atoms with Crippen molar-refractivity contribution in [1.29, 1.82) is 0 Å². The second-order valence-corrected chi connectivity index (χ2v) is 19.7. The molecule has 31 atom stereocenters. The summed E-state index contributed by atoms with van der Waals surface area (Å²) in [6.45, 7) is -2.34. The Morgan fingerprint density at radius 2 is 1.03 bits per heavy atom. The number of ether oxygens (including phenoxy) is 11. The molecule has 0 aromatic carbocycles. The Kier molecular flexibility index (Phi) is 22.4. The molecule has 0 aromatic heterocycles. The molecule has 6 fully saturated rings. The number of carbonyl (C=O) groups excluding carboxylic acids is 2. The van der Waals surface area contributed by atoms with E-state index in [9.17, 15) is 111 Å². The molecule has 0 spiro atoms. The van der Waals surface area contributed by atoms with Gasteiger partial charge >= 0.3 is 5.97 Å². The summed E-state index contributed by atoms with van der Waals surface area (Å²) in [6.07, 6.45) is -58.0. The first-order chi connectivity index (χ1) is 36.6. The van der Waals surface area contributed by atoms with E-state index in [1.165, 1.54) is 6.92 Å². The second kappa shape index (κ2) is 27.1. The highest BCUT2D eigenvalue weighted by molar-refractivity contribution is 5.76. The molecule has 78 heavy (non-hydrogen) atoms. The highest BCUT2D eigenvalue weighted by Gasteiger charge is 2.60. The van der Waals surface area contributed by atoms with Crippen molar-refractivity contribution < 1.29 is 164 Å². The van der Waals surface area contributed by atoms with Gasteiger partial charge in [0.25, 0.3) is 5.79 Å². The number of carbonyl (C=O) groups is 3. The fourth-order valence-corrected chi connectivity index (χ4v) is 9.82. The highest BCUT2D eigenvalue weighted by atomic mass is 16.8. The van der Waals surface area contributed by atoms with Crippen LogP contribution in [0, 0.1) is 0 Å². The predicted octanol–water partition coefficient (Wildman–Crippen LogP) is -13.6. The monoisotopic (exact) mass is 1140 g/mol. The number of hydrogen-bond acceptors (Lipinski definition) is 32. The molecule has 452 valence electrons. The summed E-state index contributed by atoms with van der Waals surface area (Å²) in [5.41, 5.74) is 0. The first kappa shape index (κ1) is 64.4. The third-order valence-corrected chi connectivity index (χ3v) is 14.2. The molecule has 6 rings (SSSR count). The smallest absolute Gasteiger partial charge is 0.364 e. The quantitative estimate of drug-likeness (QED) is 0.0538. The molecule has 21 N–H and O–H groups in total. The predicted molar refractivity (Wildman–Crippen MR) is 238 cm³/mol. The van der Waals surface area contributed by atoms with Crippen LogP contribution >= 0.6 is 0 Å². The first-order valence-corrected chi connectivity index (χ1v) is 24.6. The SMILES string of the molecule is CC(=O)N[C@H]1[C@H](O[C@H]2[C@@H](O)[C@@H](CO)O[C@@H](O[C@@H]3[C@H](O)[C@H](O)O[C@H](CO)[C@H]3O)[C@@H]2O)O[C@H](CO[C@]2(C(=O)O)C[C@H](O)[C@@H](NC(C)=O)[C@H]([C@H](O)[C@H](O)CO)O2)[C@@H](O)[C@@H]1O[C@@H]1O[C@H](CO)[C@H](O)[C@H](O)[C@H]1O[C@@H]1O[C@@H](C)[C@@H](O)[C@@H](O)[C@@H]1O. The van der Waals surface area contributed by atoms with Gasteiger partial charge in [-0.2, -0.15) is 0 Å². The zero-order valence-electron chi connectivity index (χ0n) is 41.8. The largest absolute Gasteiger partial charge is 0.477 e. The van der Waals surface area contributed by atoms with E-state index < -0.39 is 247 Å². The Morgan fingerprint density at radius 3 is 1.60 bits per heavy atom. The van der Waals surface area contributed by atoms with E-state index in [0.717, 1.165) is 13.8 Å². The summed E-state index contributed by atoms with van der Waals surface area (Å²) in [7, 11) is 0. The van der Waals surface area contributed by atoms with Crippen LogP contribution in [0.2, 0.25) is 0 Å². The molecule has 6 saturated heterocycles. The molecule has 6 aliphatic heterocycles. The molecular weight excluding hydrogens is 1070 g/mol. The van der Waals surface area contributed by atoms with Crippen LogP contribution < -0.4 is 10.6 Å². The van der Waals surface area contributed by atoms with E-state index in [0.29, 0.717) is 0 Å². The van der Waals surface area contributed by atoms with Gasteiger partial charge in [0.15, 0.2) is 31.5 Å². The summed E-state index contributed by atoms with van der Waals surface area (Å²) >= 11 is 0. The third kappa shape index (κ3) is 13.7. The molecule has 0 radical (unpaired) electrons. The molecule has 0 aliphatic carbocycles. The molecule has 0 aromatic rings. The lowest BCUT2D eigenvalue weighted by molar-refractivity contribution is -0.392. The van der Waals surface area contributed by atoms with E-state index in [1.54, 1.807) is 0 Å². The molecule has 0 unspecified atom stereocenters. The average Bonchev–Trinajstić information content (AvgIpc) is 3.46. The van der Waals surface area contributed by atoms with Gasteiger partial charge in [-0.15, -0.1) is 0 Å². The molecule has 6 heterocycles. The van der Waals surface area contributed by atoms with Crippen LogP contribution in [0.1, 0.15) is 27.2 Å². The van der Waals surface area contributed by atoms with Crippen LogP contribution in [0.5, 0.6) is 0 Å². The maximum Gasteiger partial charge on any atom is 0.364 e. The van der Waals surface area contributed by atoms with Crippen LogP contribution in [0.15, 0.2) is 0 Å². The number of carboxylic acids is 1. The number of carboxylic acid groups (broad SMARTS) is 1. The molecule has 35 heteroatoms. The van der Waals surface area contributed by atoms with E-state index in [4.69, 9.17) is 52.1 Å². The van der Waals surface area contributed by atoms with Crippen molar-refractivity contribution in [2.75, 3.05) is 33.0 Å². The molecule has 35 nitrogen and oxygen atoms in total. The van der Waals surface area contributed by atoms with Gasteiger partial charge in [0.05, 0.1) is 51.3 Å². The molecular formula is C43H72N2O33. The minimum atomic E-state index is -3.14. The van der Waals surface area contributed by atoms with E-state index >= 15 is 0 Å². The lowest BCUT2D eigenvalue weighted by Gasteiger charge is -2.51. The molecule has 6 aliphatic rings. The highest BCUT2D eigenvalue weighted by Crippen LogP contribution is 2.39. The third-order valence-electron chi connectivity index (χ3n) is 14.2. The molecule has 2 amide bonds. The van der Waals surface area contributed by atoms with Crippen molar-refractivity contribution in [3.8, 4) is 0 Å². The lowest BCUT2D eigenvalue weighted by atomic mass is 9.88. The lowest BCUT2D eigenvalue weighted by Crippen LogP contribution is -2.71. The topological polar surface area (TPSA) is 561 Å². The Labute approximate surface area is 441 Å². The van der Waals surface area contributed by atoms with Gasteiger partial charge in [-0.05, 0) is 6.92 Å². The number of nitrogens with one attached hydrogen (secondary N) is 2. The summed E-state index contributed by atoms with van der Waals surface area (Å²) in [6, 6.07) is -3.69. The first-order valence-electron chi connectivity index (χ1n) is 24.6. The normalized spacial score (nSPS) is 48.1. The Hall–Kier alpha value is -2.75. The van der Waals surface area contributed by atoms with E-state index in [2.05, 4.69) is 10.6 Å². The van der Waals surface area contributed by atoms with Gasteiger partial charge in [-0.3, -0.25) is 9.59 Å². The van der Waals surface area contributed by atoms with E-state index in [1.807, 2.05) is 0 Å². The fraction of sp³-hybridized carbons (Fsp3) is 0.930. The van der Waals surface area contributed by atoms with Crippen LogP contribution in [0.3, 0.4) is 0 Å². The summed E-state index contributed by atoms with van der Waals surface area (Å²) in [4.78, 5) is 38.4. The number of rotatable bonds is 20. The number of aliphatic hydroxyl groups excluding tert-OH is 18.